The zero-order valence-electron chi connectivity index (χ0n) is 7.21. The summed E-state index contributed by atoms with van der Waals surface area (Å²) >= 11 is 13.1. The summed E-state index contributed by atoms with van der Waals surface area (Å²) in [4.78, 5) is 0.852. The molecule has 14 heavy (non-hydrogen) atoms. The van der Waals surface area contributed by atoms with Crippen LogP contribution in [0.15, 0.2) is 23.1 Å². The predicted molar refractivity (Wildman–Crippen MR) is 60.8 cm³/mol. The van der Waals surface area contributed by atoms with Gasteiger partial charge in [-0.25, -0.2) is 0 Å². The topological polar surface area (TPSA) is 49.8 Å². The van der Waals surface area contributed by atoms with E-state index < -0.39 is 6.04 Å². The van der Waals surface area contributed by atoms with Crippen molar-refractivity contribution in [2.24, 2.45) is 5.73 Å². The van der Waals surface area contributed by atoms with Gasteiger partial charge in [0, 0.05) is 15.7 Å². The molecule has 0 fully saturated rings. The van der Waals surface area contributed by atoms with Gasteiger partial charge in [0.25, 0.3) is 0 Å². The zero-order chi connectivity index (χ0) is 10.6. The van der Waals surface area contributed by atoms with Crippen molar-refractivity contribution in [1.82, 2.24) is 0 Å². The number of halogens is 2. The highest BCUT2D eigenvalue weighted by atomic mass is 35.5. The molecule has 74 valence electrons. The molecule has 0 heterocycles. The van der Waals surface area contributed by atoms with E-state index in [0.717, 1.165) is 4.90 Å². The number of thioether (sulfide) groups is 1. The minimum absolute atomic E-state index is 0.477. The molecule has 2 N–H and O–H groups in total. The number of benzene rings is 1. The molecular weight excluding hydrogens is 239 g/mol. The standard InChI is InChI=1S/C9H8Cl2N2S/c10-6-1-2-8(11)9(3-6)14-5-7(13)4-12/h1-3,7H,5,13H2. The fraction of sp³-hybridized carbons (Fsp3) is 0.222. The summed E-state index contributed by atoms with van der Waals surface area (Å²) in [6.45, 7) is 0. The van der Waals surface area contributed by atoms with Crippen LogP contribution in [-0.2, 0) is 0 Å². The summed E-state index contributed by atoms with van der Waals surface area (Å²) in [6.07, 6.45) is 0. The molecule has 0 spiro atoms. The molecule has 0 aliphatic carbocycles. The second-order valence-electron chi connectivity index (χ2n) is 2.62. The van der Waals surface area contributed by atoms with Gasteiger partial charge in [-0.3, -0.25) is 0 Å². The van der Waals surface area contributed by atoms with Gasteiger partial charge in [-0.05, 0) is 18.2 Å². The second kappa shape index (κ2) is 5.47. The average Bonchev–Trinajstić information content (AvgIpc) is 2.19. The zero-order valence-corrected chi connectivity index (χ0v) is 9.53. The quantitative estimate of drug-likeness (QED) is 0.835. The molecule has 0 saturated carbocycles. The van der Waals surface area contributed by atoms with Crippen molar-refractivity contribution < 1.29 is 0 Å². The van der Waals surface area contributed by atoms with E-state index in [0.29, 0.717) is 15.8 Å². The summed E-state index contributed by atoms with van der Waals surface area (Å²) in [7, 11) is 0. The lowest BCUT2D eigenvalue weighted by molar-refractivity contribution is 0.953. The third-order valence-corrected chi connectivity index (χ3v) is 3.33. The maximum Gasteiger partial charge on any atom is 0.102 e. The Balaban J connectivity index is 2.67. The molecule has 0 aliphatic rings. The van der Waals surface area contributed by atoms with Gasteiger partial charge in [0.15, 0.2) is 0 Å². The molecule has 2 nitrogen and oxygen atoms in total. The Morgan fingerprint density at radius 2 is 2.21 bits per heavy atom. The SMILES string of the molecule is N#CC(N)CSc1cc(Cl)ccc1Cl. The first-order valence-electron chi connectivity index (χ1n) is 3.86. The first kappa shape index (κ1) is 11.7. The highest BCUT2D eigenvalue weighted by Gasteiger charge is 2.05. The Bertz CT molecular complexity index is 362. The average molecular weight is 247 g/mol. The van der Waals surface area contributed by atoms with Crippen molar-refractivity contribution in [3.63, 3.8) is 0 Å². The summed E-state index contributed by atoms with van der Waals surface area (Å²) in [6, 6.07) is 6.68. The number of hydrogen-bond acceptors (Lipinski definition) is 3. The third-order valence-electron chi connectivity index (χ3n) is 1.48. The molecule has 1 atom stereocenters. The lowest BCUT2D eigenvalue weighted by atomic mass is 10.4. The maximum absolute atomic E-state index is 8.49. The van der Waals surface area contributed by atoms with E-state index in [9.17, 15) is 0 Å². The number of nitriles is 1. The second-order valence-corrected chi connectivity index (χ2v) is 4.53. The monoisotopic (exact) mass is 246 g/mol. The molecule has 5 heteroatoms. The van der Waals surface area contributed by atoms with Crippen molar-refractivity contribution >= 4 is 35.0 Å². The van der Waals surface area contributed by atoms with Crippen LogP contribution in [0.2, 0.25) is 10.0 Å². The fourth-order valence-corrected chi connectivity index (χ4v) is 2.17. The Morgan fingerprint density at radius 1 is 1.50 bits per heavy atom. The van der Waals surface area contributed by atoms with Crippen LogP contribution in [0.1, 0.15) is 0 Å². The largest absolute Gasteiger partial charge is 0.315 e. The molecular formula is C9H8Cl2N2S. The summed E-state index contributed by atoms with van der Waals surface area (Å²) in [5.74, 6) is 0.510. The number of hydrogen-bond donors (Lipinski definition) is 1. The summed E-state index contributed by atoms with van der Waals surface area (Å²) in [5, 5.41) is 9.75. The van der Waals surface area contributed by atoms with Gasteiger partial charge in [0.1, 0.15) is 6.04 Å². The van der Waals surface area contributed by atoms with Gasteiger partial charge in [0.2, 0.25) is 0 Å². The molecule has 0 aromatic heterocycles. The van der Waals surface area contributed by atoms with Crippen molar-refractivity contribution in [2.75, 3.05) is 5.75 Å². The van der Waals surface area contributed by atoms with Gasteiger partial charge in [0.05, 0.1) is 11.1 Å². The van der Waals surface area contributed by atoms with E-state index in [1.54, 1.807) is 18.2 Å². The normalized spacial score (nSPS) is 12.1. The van der Waals surface area contributed by atoms with E-state index in [2.05, 4.69) is 0 Å². The fourth-order valence-electron chi connectivity index (χ4n) is 0.805. The summed E-state index contributed by atoms with van der Waals surface area (Å²) in [5.41, 5.74) is 5.45. The van der Waals surface area contributed by atoms with Crippen LogP contribution in [0.25, 0.3) is 0 Å². The van der Waals surface area contributed by atoms with Crippen LogP contribution >= 0.6 is 35.0 Å². The lowest BCUT2D eigenvalue weighted by Crippen LogP contribution is -2.19. The molecule has 0 radical (unpaired) electrons. The van der Waals surface area contributed by atoms with Crippen LogP contribution in [0.4, 0.5) is 0 Å². The molecule has 0 saturated heterocycles. The molecule has 1 unspecified atom stereocenters. The minimum atomic E-state index is -0.477. The Kier molecular flexibility index (Phi) is 4.56. The first-order valence-corrected chi connectivity index (χ1v) is 5.60. The molecule has 0 bridgehead atoms. The smallest absolute Gasteiger partial charge is 0.102 e. The van der Waals surface area contributed by atoms with Gasteiger partial charge in [-0.1, -0.05) is 23.2 Å². The molecule has 0 aliphatic heterocycles. The van der Waals surface area contributed by atoms with E-state index in [1.807, 2.05) is 6.07 Å². The highest BCUT2D eigenvalue weighted by molar-refractivity contribution is 7.99. The van der Waals surface area contributed by atoms with Crippen LogP contribution in [0.5, 0.6) is 0 Å². The number of rotatable bonds is 3. The van der Waals surface area contributed by atoms with E-state index in [-0.39, 0.29) is 0 Å². The molecule has 1 aromatic carbocycles. The summed E-state index contributed by atoms with van der Waals surface area (Å²) < 4.78 is 0. The Labute approximate surface area is 97.0 Å². The Morgan fingerprint density at radius 3 is 2.86 bits per heavy atom. The molecule has 1 rings (SSSR count). The van der Waals surface area contributed by atoms with Crippen LogP contribution < -0.4 is 5.73 Å². The lowest BCUT2D eigenvalue weighted by Gasteiger charge is -2.05. The third kappa shape index (κ3) is 3.39. The number of nitrogens with zero attached hydrogens (tertiary/aromatic N) is 1. The van der Waals surface area contributed by atoms with E-state index in [1.165, 1.54) is 11.8 Å². The predicted octanol–water partition coefficient (Wildman–Crippen LogP) is 2.94. The molecule has 1 aromatic rings. The van der Waals surface area contributed by atoms with Crippen molar-refractivity contribution in [3.8, 4) is 6.07 Å². The maximum atomic E-state index is 8.49. The van der Waals surface area contributed by atoms with E-state index in [4.69, 9.17) is 34.2 Å². The van der Waals surface area contributed by atoms with Gasteiger partial charge < -0.3 is 5.73 Å². The van der Waals surface area contributed by atoms with Crippen molar-refractivity contribution in [1.29, 1.82) is 5.26 Å². The van der Waals surface area contributed by atoms with Crippen LogP contribution in [-0.4, -0.2) is 11.8 Å². The van der Waals surface area contributed by atoms with Gasteiger partial charge in [-0.2, -0.15) is 5.26 Å². The number of nitrogens with two attached hydrogens (primary N) is 1. The molecule has 0 amide bonds. The van der Waals surface area contributed by atoms with Crippen molar-refractivity contribution in [2.45, 2.75) is 10.9 Å². The van der Waals surface area contributed by atoms with Gasteiger partial charge >= 0.3 is 0 Å². The highest BCUT2D eigenvalue weighted by Crippen LogP contribution is 2.29. The van der Waals surface area contributed by atoms with E-state index >= 15 is 0 Å². The van der Waals surface area contributed by atoms with Gasteiger partial charge in [-0.15, -0.1) is 11.8 Å². The van der Waals surface area contributed by atoms with Crippen molar-refractivity contribution in [3.05, 3.63) is 28.2 Å². The van der Waals surface area contributed by atoms with Crippen LogP contribution in [0, 0.1) is 11.3 Å². The van der Waals surface area contributed by atoms with Crippen LogP contribution in [0.3, 0.4) is 0 Å². The Hall–Kier alpha value is -0.400. The first-order chi connectivity index (χ1) is 6.63. The minimum Gasteiger partial charge on any atom is -0.315 e.